The van der Waals surface area contributed by atoms with E-state index in [0.29, 0.717) is 5.92 Å². The van der Waals surface area contributed by atoms with Crippen LogP contribution in [0.2, 0.25) is 0 Å². The lowest BCUT2D eigenvalue weighted by Gasteiger charge is -2.15. The average Bonchev–Trinajstić information content (AvgIpc) is 2.86. The predicted octanol–water partition coefficient (Wildman–Crippen LogP) is 5.05. The van der Waals surface area contributed by atoms with E-state index in [1.54, 1.807) is 0 Å². The third kappa shape index (κ3) is 1.78. The van der Waals surface area contributed by atoms with Crippen LogP contribution < -0.4 is 0 Å². The van der Waals surface area contributed by atoms with Gasteiger partial charge in [-0.3, -0.25) is 0 Å². The molecule has 0 atom stereocenters. The summed E-state index contributed by atoms with van der Waals surface area (Å²) in [6.07, 6.45) is 5.60. The summed E-state index contributed by atoms with van der Waals surface area (Å²) in [4.78, 5) is 0. The molecule has 0 nitrogen and oxygen atoms in total. The van der Waals surface area contributed by atoms with Gasteiger partial charge in [0.15, 0.2) is 0 Å². The van der Waals surface area contributed by atoms with Crippen LogP contribution in [0.15, 0.2) is 48.5 Å². The summed E-state index contributed by atoms with van der Waals surface area (Å²) in [7, 11) is 0. The molecule has 0 aliphatic heterocycles. The Labute approximate surface area is 109 Å². The molecule has 1 aliphatic carbocycles. The number of benzene rings is 2. The summed E-state index contributed by atoms with van der Waals surface area (Å²) in [6, 6.07) is 15.4. The Morgan fingerprint density at radius 3 is 2.50 bits per heavy atom. The van der Waals surface area contributed by atoms with E-state index in [1.807, 2.05) is 0 Å². The first-order valence-corrected chi connectivity index (χ1v) is 6.65. The zero-order valence-electron chi connectivity index (χ0n) is 11.0. The number of fused-ring (bicyclic) bond motifs is 1. The Bertz CT molecular complexity index is 603. The minimum atomic E-state index is 0.558. The van der Waals surface area contributed by atoms with E-state index in [1.165, 1.54) is 27.8 Å². The molecule has 0 unspecified atom stereocenters. The van der Waals surface area contributed by atoms with Crippen molar-refractivity contribution in [2.45, 2.75) is 26.2 Å². The highest BCUT2D eigenvalue weighted by molar-refractivity contribution is 5.81. The van der Waals surface area contributed by atoms with E-state index in [-0.39, 0.29) is 0 Å². The van der Waals surface area contributed by atoms with Gasteiger partial charge in [0, 0.05) is 0 Å². The van der Waals surface area contributed by atoms with Crippen molar-refractivity contribution in [3.8, 4) is 11.1 Å². The van der Waals surface area contributed by atoms with Gasteiger partial charge in [0.1, 0.15) is 0 Å². The SMILES string of the molecule is CC(C)c1ccccc1-c1cccc2c1C=CC2. The van der Waals surface area contributed by atoms with Crippen molar-refractivity contribution in [2.24, 2.45) is 0 Å². The molecular weight excluding hydrogens is 216 g/mol. The Hall–Kier alpha value is -1.82. The van der Waals surface area contributed by atoms with Crippen LogP contribution in [0.1, 0.15) is 36.5 Å². The topological polar surface area (TPSA) is 0 Å². The molecule has 0 aromatic heterocycles. The molecule has 90 valence electrons. The van der Waals surface area contributed by atoms with Crippen molar-refractivity contribution in [3.63, 3.8) is 0 Å². The summed E-state index contributed by atoms with van der Waals surface area (Å²) in [6.45, 7) is 4.52. The molecular formula is C18H18. The molecule has 0 radical (unpaired) electrons. The highest BCUT2D eigenvalue weighted by atomic mass is 14.2. The van der Waals surface area contributed by atoms with Crippen molar-refractivity contribution in [1.29, 1.82) is 0 Å². The van der Waals surface area contributed by atoms with Gasteiger partial charge in [-0.05, 0) is 40.2 Å². The minimum Gasteiger partial charge on any atom is -0.0795 e. The van der Waals surface area contributed by atoms with E-state index < -0.39 is 0 Å². The molecule has 0 saturated heterocycles. The summed E-state index contributed by atoms with van der Waals surface area (Å²) in [5.74, 6) is 0.558. The second kappa shape index (κ2) is 4.45. The molecule has 0 spiro atoms. The molecule has 2 aromatic carbocycles. The highest BCUT2D eigenvalue weighted by Gasteiger charge is 2.14. The largest absolute Gasteiger partial charge is 0.0795 e. The molecule has 0 N–H and O–H groups in total. The lowest BCUT2D eigenvalue weighted by Crippen LogP contribution is -1.94. The number of rotatable bonds is 2. The quantitative estimate of drug-likeness (QED) is 0.682. The Morgan fingerprint density at radius 1 is 0.889 bits per heavy atom. The van der Waals surface area contributed by atoms with Crippen LogP contribution in [0.3, 0.4) is 0 Å². The fourth-order valence-electron chi connectivity index (χ4n) is 2.77. The second-order valence-corrected chi connectivity index (χ2v) is 5.23. The van der Waals surface area contributed by atoms with E-state index in [0.717, 1.165) is 6.42 Å². The van der Waals surface area contributed by atoms with Gasteiger partial charge in [-0.1, -0.05) is 68.5 Å². The lowest BCUT2D eigenvalue weighted by molar-refractivity contribution is 0.869. The van der Waals surface area contributed by atoms with Gasteiger partial charge in [-0.2, -0.15) is 0 Å². The van der Waals surface area contributed by atoms with E-state index in [9.17, 15) is 0 Å². The molecule has 0 fully saturated rings. The first-order chi connectivity index (χ1) is 8.77. The van der Waals surface area contributed by atoms with E-state index >= 15 is 0 Å². The van der Waals surface area contributed by atoms with Gasteiger partial charge in [-0.15, -0.1) is 0 Å². The van der Waals surface area contributed by atoms with Gasteiger partial charge < -0.3 is 0 Å². The maximum Gasteiger partial charge on any atom is -0.00879 e. The van der Waals surface area contributed by atoms with Gasteiger partial charge in [0.25, 0.3) is 0 Å². The number of hydrogen-bond donors (Lipinski definition) is 0. The normalized spacial score (nSPS) is 13.1. The fourth-order valence-corrected chi connectivity index (χ4v) is 2.77. The molecule has 2 aromatic rings. The third-order valence-electron chi connectivity index (χ3n) is 3.69. The third-order valence-corrected chi connectivity index (χ3v) is 3.69. The molecule has 0 saturated carbocycles. The zero-order valence-corrected chi connectivity index (χ0v) is 11.0. The number of hydrogen-bond acceptors (Lipinski definition) is 0. The van der Waals surface area contributed by atoms with Crippen molar-refractivity contribution in [3.05, 3.63) is 65.2 Å². The zero-order chi connectivity index (χ0) is 12.5. The Morgan fingerprint density at radius 2 is 1.67 bits per heavy atom. The first kappa shape index (κ1) is 11.3. The van der Waals surface area contributed by atoms with Crippen LogP contribution >= 0.6 is 0 Å². The highest BCUT2D eigenvalue weighted by Crippen LogP contribution is 2.35. The summed E-state index contributed by atoms with van der Waals surface area (Å²) < 4.78 is 0. The first-order valence-electron chi connectivity index (χ1n) is 6.65. The van der Waals surface area contributed by atoms with Crippen molar-refractivity contribution < 1.29 is 0 Å². The Kier molecular flexibility index (Phi) is 2.79. The standard InChI is InChI=1S/C18H18/c1-13(2)15-9-3-4-10-17(15)18-12-6-8-14-7-5-11-16(14)18/h3-6,8-13H,7H2,1-2H3. The Balaban J connectivity index is 2.22. The second-order valence-electron chi connectivity index (χ2n) is 5.23. The predicted molar refractivity (Wildman–Crippen MR) is 78.7 cm³/mol. The number of allylic oxidation sites excluding steroid dienone is 1. The van der Waals surface area contributed by atoms with Crippen LogP contribution in [0.4, 0.5) is 0 Å². The summed E-state index contributed by atoms with van der Waals surface area (Å²) in [5.41, 5.74) is 7.06. The van der Waals surface area contributed by atoms with Gasteiger partial charge >= 0.3 is 0 Å². The van der Waals surface area contributed by atoms with E-state index in [4.69, 9.17) is 0 Å². The maximum absolute atomic E-state index is 2.27. The lowest BCUT2D eigenvalue weighted by atomic mass is 9.89. The molecule has 0 amide bonds. The van der Waals surface area contributed by atoms with Crippen LogP contribution in [0.5, 0.6) is 0 Å². The molecule has 0 heterocycles. The van der Waals surface area contributed by atoms with Gasteiger partial charge in [0.05, 0.1) is 0 Å². The van der Waals surface area contributed by atoms with Crippen molar-refractivity contribution in [2.75, 3.05) is 0 Å². The summed E-state index contributed by atoms with van der Waals surface area (Å²) >= 11 is 0. The molecule has 18 heavy (non-hydrogen) atoms. The smallest absolute Gasteiger partial charge is 0.00879 e. The molecule has 0 heteroatoms. The fraction of sp³-hybridized carbons (Fsp3) is 0.222. The average molecular weight is 234 g/mol. The van der Waals surface area contributed by atoms with Gasteiger partial charge in [-0.25, -0.2) is 0 Å². The molecule has 0 bridgehead atoms. The maximum atomic E-state index is 2.27. The minimum absolute atomic E-state index is 0.558. The van der Waals surface area contributed by atoms with Crippen LogP contribution in [0.25, 0.3) is 17.2 Å². The molecule has 1 aliphatic rings. The van der Waals surface area contributed by atoms with Crippen LogP contribution in [-0.2, 0) is 6.42 Å². The van der Waals surface area contributed by atoms with Gasteiger partial charge in [0.2, 0.25) is 0 Å². The van der Waals surface area contributed by atoms with Crippen molar-refractivity contribution >= 4 is 6.08 Å². The van der Waals surface area contributed by atoms with Crippen LogP contribution in [-0.4, -0.2) is 0 Å². The molecule has 3 rings (SSSR count). The van der Waals surface area contributed by atoms with Crippen molar-refractivity contribution in [1.82, 2.24) is 0 Å². The monoisotopic (exact) mass is 234 g/mol. The van der Waals surface area contributed by atoms with E-state index in [2.05, 4.69) is 68.5 Å². The summed E-state index contributed by atoms with van der Waals surface area (Å²) in [5, 5.41) is 0. The van der Waals surface area contributed by atoms with Crippen LogP contribution in [0, 0.1) is 0 Å².